The summed E-state index contributed by atoms with van der Waals surface area (Å²) < 4.78 is 11.5. The van der Waals surface area contributed by atoms with Gasteiger partial charge in [0.25, 0.3) is 5.91 Å². The van der Waals surface area contributed by atoms with Gasteiger partial charge in [0.2, 0.25) is 0 Å². The molecular weight excluding hydrogens is 454 g/mol. The molecule has 1 saturated heterocycles. The summed E-state index contributed by atoms with van der Waals surface area (Å²) >= 11 is 6.14. The molecule has 3 rings (SSSR count). The molecule has 0 unspecified atom stereocenters. The van der Waals surface area contributed by atoms with E-state index in [4.69, 9.17) is 21.1 Å². The van der Waals surface area contributed by atoms with Crippen LogP contribution in [0.5, 0.6) is 0 Å². The summed E-state index contributed by atoms with van der Waals surface area (Å²) in [6, 6.07) is 5.45. The van der Waals surface area contributed by atoms with Gasteiger partial charge in [0.05, 0.1) is 17.7 Å². The Bertz CT molecular complexity index is 961. The molecule has 1 aliphatic rings. The number of amides is 2. The maximum absolute atomic E-state index is 12.9. The van der Waals surface area contributed by atoms with E-state index in [-0.39, 0.29) is 18.0 Å². The van der Waals surface area contributed by atoms with Gasteiger partial charge < -0.3 is 24.7 Å². The smallest absolute Gasteiger partial charge is 0.410 e. The second-order valence-corrected chi connectivity index (χ2v) is 10.6. The van der Waals surface area contributed by atoms with E-state index < -0.39 is 5.60 Å². The standard InChI is InChI=1S/C26H38ClN3O4/c1-5-6-7-20(29-24(31)19-8-9-21-22(27)15-28-23(21)14-19)17-33-16-18-10-12-30(13-11-18)25(32)34-26(2,3)4/h8-9,14-15,18,20,28H,5-7,10-13,16-17H2,1-4H3,(H,29,31)/t20-/m1/s1. The number of rotatable bonds is 9. The third kappa shape index (κ3) is 7.64. The van der Waals surface area contributed by atoms with Crippen molar-refractivity contribution in [2.45, 2.75) is 71.4 Å². The van der Waals surface area contributed by atoms with Crippen LogP contribution in [0, 0.1) is 5.92 Å². The van der Waals surface area contributed by atoms with E-state index >= 15 is 0 Å². The van der Waals surface area contributed by atoms with Crippen molar-refractivity contribution in [2.75, 3.05) is 26.3 Å². The molecule has 0 spiro atoms. The van der Waals surface area contributed by atoms with Gasteiger partial charge >= 0.3 is 6.09 Å². The van der Waals surface area contributed by atoms with Gasteiger partial charge in [-0.15, -0.1) is 0 Å². The lowest BCUT2D eigenvalue weighted by atomic mass is 9.98. The summed E-state index contributed by atoms with van der Waals surface area (Å²) in [6.07, 6.45) is 6.22. The molecule has 34 heavy (non-hydrogen) atoms. The molecule has 1 aromatic heterocycles. The number of H-pyrrole nitrogens is 1. The molecule has 7 nitrogen and oxygen atoms in total. The first-order valence-corrected chi connectivity index (χ1v) is 12.7. The molecule has 1 aromatic carbocycles. The number of hydrogen-bond acceptors (Lipinski definition) is 4. The quantitative estimate of drug-likeness (QED) is 0.466. The van der Waals surface area contributed by atoms with Crippen LogP contribution >= 0.6 is 11.6 Å². The SMILES string of the molecule is CCCC[C@H](COCC1CCN(C(=O)OC(C)(C)C)CC1)NC(=O)c1ccc2c(Cl)c[nH]c2c1. The van der Waals surface area contributed by atoms with Gasteiger partial charge in [-0.1, -0.05) is 37.4 Å². The Labute approximate surface area is 207 Å². The average Bonchev–Trinajstić information content (AvgIpc) is 3.16. The monoisotopic (exact) mass is 491 g/mol. The third-order valence-corrected chi connectivity index (χ3v) is 6.39. The summed E-state index contributed by atoms with van der Waals surface area (Å²) in [5.41, 5.74) is 0.966. The van der Waals surface area contributed by atoms with Crippen LogP contribution in [0.15, 0.2) is 24.4 Å². The van der Waals surface area contributed by atoms with E-state index in [1.807, 2.05) is 32.9 Å². The lowest BCUT2D eigenvalue weighted by Gasteiger charge is -2.33. The Morgan fingerprint density at radius 2 is 2.00 bits per heavy atom. The van der Waals surface area contributed by atoms with Crippen molar-refractivity contribution >= 4 is 34.5 Å². The summed E-state index contributed by atoms with van der Waals surface area (Å²) in [4.78, 5) is 30.0. The van der Waals surface area contributed by atoms with E-state index in [9.17, 15) is 9.59 Å². The third-order valence-electron chi connectivity index (χ3n) is 6.07. The molecule has 0 aliphatic carbocycles. The molecule has 8 heteroatoms. The number of nitrogens with zero attached hydrogens (tertiary/aromatic N) is 1. The van der Waals surface area contributed by atoms with E-state index in [2.05, 4.69) is 17.2 Å². The Balaban J connectivity index is 1.46. The van der Waals surface area contributed by atoms with Gasteiger partial charge in [-0.3, -0.25) is 4.79 Å². The maximum atomic E-state index is 12.9. The van der Waals surface area contributed by atoms with Crippen molar-refractivity contribution in [2.24, 2.45) is 5.92 Å². The van der Waals surface area contributed by atoms with E-state index in [0.29, 0.717) is 42.8 Å². The highest BCUT2D eigenvalue weighted by Crippen LogP contribution is 2.24. The van der Waals surface area contributed by atoms with E-state index in [1.54, 1.807) is 17.2 Å². The fourth-order valence-corrected chi connectivity index (χ4v) is 4.35. The van der Waals surface area contributed by atoms with E-state index in [0.717, 1.165) is 43.0 Å². The van der Waals surface area contributed by atoms with Crippen LogP contribution in [0.25, 0.3) is 10.9 Å². The lowest BCUT2D eigenvalue weighted by Crippen LogP contribution is -2.43. The van der Waals surface area contributed by atoms with Gasteiger partial charge in [0.15, 0.2) is 0 Å². The number of likely N-dealkylation sites (tertiary alicyclic amines) is 1. The number of carbonyl (C=O) groups is 2. The normalized spacial score (nSPS) is 16.0. The van der Waals surface area contributed by atoms with Crippen LogP contribution in [0.4, 0.5) is 4.79 Å². The Kier molecular flexibility index (Phi) is 9.25. The van der Waals surface area contributed by atoms with Crippen LogP contribution in [-0.4, -0.2) is 59.8 Å². The van der Waals surface area contributed by atoms with E-state index in [1.165, 1.54) is 0 Å². The van der Waals surface area contributed by atoms with Crippen molar-refractivity contribution in [3.63, 3.8) is 0 Å². The predicted octanol–water partition coefficient (Wildman–Crippen LogP) is 5.77. The van der Waals surface area contributed by atoms with Crippen molar-refractivity contribution in [1.82, 2.24) is 15.2 Å². The number of hydrogen-bond donors (Lipinski definition) is 2. The Hall–Kier alpha value is -2.25. The molecule has 1 fully saturated rings. The summed E-state index contributed by atoms with van der Waals surface area (Å²) in [5.74, 6) is 0.296. The van der Waals surface area contributed by atoms with Crippen LogP contribution in [0.3, 0.4) is 0 Å². The fraction of sp³-hybridized carbons (Fsp3) is 0.615. The zero-order valence-corrected chi connectivity index (χ0v) is 21.5. The number of piperidine rings is 1. The molecule has 2 amide bonds. The molecule has 0 bridgehead atoms. The summed E-state index contributed by atoms with van der Waals surface area (Å²) in [6.45, 7) is 10.3. The minimum Gasteiger partial charge on any atom is -0.444 e. The topological polar surface area (TPSA) is 83.7 Å². The first-order valence-electron chi connectivity index (χ1n) is 12.3. The van der Waals surface area contributed by atoms with Crippen molar-refractivity contribution < 1.29 is 19.1 Å². The van der Waals surface area contributed by atoms with Gasteiger partial charge in [-0.25, -0.2) is 4.79 Å². The van der Waals surface area contributed by atoms with Gasteiger partial charge in [0, 0.05) is 42.4 Å². The summed E-state index contributed by atoms with van der Waals surface area (Å²) in [5, 5.41) is 4.69. The zero-order chi connectivity index (χ0) is 24.7. The lowest BCUT2D eigenvalue weighted by molar-refractivity contribution is 0.0103. The maximum Gasteiger partial charge on any atom is 0.410 e. The number of aromatic nitrogens is 1. The Morgan fingerprint density at radius 3 is 2.68 bits per heavy atom. The molecular formula is C26H38ClN3O4. The van der Waals surface area contributed by atoms with Gasteiger partial charge in [-0.2, -0.15) is 0 Å². The molecule has 2 N–H and O–H groups in total. The highest BCUT2D eigenvalue weighted by molar-refractivity contribution is 6.35. The molecule has 1 atom stereocenters. The average molecular weight is 492 g/mol. The molecule has 1 aliphatic heterocycles. The number of benzene rings is 1. The van der Waals surface area contributed by atoms with Crippen molar-refractivity contribution in [3.8, 4) is 0 Å². The first kappa shape index (κ1) is 26.4. The first-order chi connectivity index (χ1) is 16.2. The molecule has 2 aromatic rings. The number of unbranched alkanes of at least 4 members (excludes halogenated alkanes) is 1. The minimum atomic E-state index is -0.477. The summed E-state index contributed by atoms with van der Waals surface area (Å²) in [7, 11) is 0. The second kappa shape index (κ2) is 11.9. The van der Waals surface area contributed by atoms with Crippen LogP contribution in [-0.2, 0) is 9.47 Å². The molecule has 2 heterocycles. The largest absolute Gasteiger partial charge is 0.444 e. The molecule has 188 valence electrons. The second-order valence-electron chi connectivity index (χ2n) is 10.2. The Morgan fingerprint density at radius 1 is 1.26 bits per heavy atom. The highest BCUT2D eigenvalue weighted by Gasteiger charge is 2.27. The number of aromatic amines is 1. The van der Waals surface area contributed by atoms with Crippen molar-refractivity contribution in [3.05, 3.63) is 35.0 Å². The van der Waals surface area contributed by atoms with Gasteiger partial charge in [0.1, 0.15) is 5.60 Å². The minimum absolute atomic E-state index is 0.0442. The number of nitrogens with one attached hydrogen (secondary N) is 2. The predicted molar refractivity (Wildman–Crippen MR) is 135 cm³/mol. The van der Waals surface area contributed by atoms with Crippen LogP contribution in [0.1, 0.15) is 70.2 Å². The van der Waals surface area contributed by atoms with Crippen LogP contribution in [0.2, 0.25) is 5.02 Å². The fourth-order valence-electron chi connectivity index (χ4n) is 4.13. The molecule has 0 saturated carbocycles. The number of carbonyl (C=O) groups excluding carboxylic acids is 2. The molecule has 0 radical (unpaired) electrons. The number of halogens is 1. The van der Waals surface area contributed by atoms with Crippen LogP contribution < -0.4 is 5.32 Å². The number of fused-ring (bicyclic) bond motifs is 1. The number of ether oxygens (including phenoxy) is 2. The zero-order valence-electron chi connectivity index (χ0n) is 20.8. The van der Waals surface area contributed by atoms with Gasteiger partial charge in [-0.05, 0) is 58.1 Å². The van der Waals surface area contributed by atoms with Crippen molar-refractivity contribution in [1.29, 1.82) is 0 Å². The highest BCUT2D eigenvalue weighted by atomic mass is 35.5.